The molecule has 4 rings (SSSR count). The Labute approximate surface area is 171 Å². The zero-order chi connectivity index (χ0) is 19.7. The average molecular weight is 420 g/mol. The van der Waals surface area contributed by atoms with Gasteiger partial charge in [0.1, 0.15) is 12.1 Å². The van der Waals surface area contributed by atoms with Crippen molar-refractivity contribution in [3.63, 3.8) is 0 Å². The van der Waals surface area contributed by atoms with Gasteiger partial charge in [-0.05, 0) is 24.1 Å². The molecule has 2 aliphatic heterocycles. The monoisotopic (exact) mass is 419 g/mol. The number of hydrogen-bond donors (Lipinski definition) is 1. The Morgan fingerprint density at radius 1 is 1.14 bits per heavy atom. The summed E-state index contributed by atoms with van der Waals surface area (Å²) >= 11 is 5.90. The summed E-state index contributed by atoms with van der Waals surface area (Å²) in [6.45, 7) is 2.54. The van der Waals surface area contributed by atoms with Gasteiger partial charge in [-0.25, -0.2) is 9.97 Å². The Hall–Kier alpha value is -2.03. The largest absolute Gasteiger partial charge is 0.353 e. The third-order valence-electron chi connectivity index (χ3n) is 5.19. The highest BCUT2D eigenvalue weighted by atomic mass is 35.5. The Morgan fingerprint density at radius 3 is 2.57 bits per heavy atom. The van der Waals surface area contributed by atoms with E-state index in [2.05, 4.69) is 14.9 Å². The van der Waals surface area contributed by atoms with E-state index in [-0.39, 0.29) is 5.91 Å². The summed E-state index contributed by atoms with van der Waals surface area (Å²) in [4.78, 5) is 25.4. The highest BCUT2D eigenvalue weighted by molar-refractivity contribution is 7.83. The van der Waals surface area contributed by atoms with Crippen LogP contribution in [0.2, 0.25) is 5.02 Å². The molecule has 9 heteroatoms. The van der Waals surface area contributed by atoms with Crippen LogP contribution in [0.4, 0.5) is 5.82 Å². The number of carbonyl (C=O) groups excluding carboxylic acids is 1. The number of benzene rings is 1. The molecule has 2 aromatic rings. The lowest BCUT2D eigenvalue weighted by molar-refractivity contribution is -0.132. The second-order valence-corrected chi connectivity index (χ2v) is 8.99. The fourth-order valence-corrected chi connectivity index (χ4v) is 5.08. The van der Waals surface area contributed by atoms with Crippen LogP contribution < -0.4 is 10.6 Å². The van der Waals surface area contributed by atoms with E-state index in [4.69, 9.17) is 17.3 Å². The summed E-state index contributed by atoms with van der Waals surface area (Å²) in [5, 5.41) is 0.666. The van der Waals surface area contributed by atoms with Gasteiger partial charge >= 0.3 is 0 Å². The Bertz CT molecular complexity index is 900. The molecule has 0 radical (unpaired) electrons. The molecule has 0 aliphatic carbocycles. The van der Waals surface area contributed by atoms with E-state index in [9.17, 15) is 9.00 Å². The first-order valence-corrected chi connectivity index (χ1v) is 11.1. The first kappa shape index (κ1) is 19.3. The number of hydrogen-bond acceptors (Lipinski definition) is 6. The van der Waals surface area contributed by atoms with Crippen LogP contribution in [0.3, 0.4) is 0 Å². The van der Waals surface area contributed by atoms with Crippen molar-refractivity contribution in [2.75, 3.05) is 31.1 Å². The minimum absolute atomic E-state index is 0.0383. The first-order valence-electron chi connectivity index (χ1n) is 9.23. The number of anilines is 1. The quantitative estimate of drug-likeness (QED) is 0.798. The molecule has 3 heterocycles. The Morgan fingerprint density at radius 2 is 1.86 bits per heavy atom. The van der Waals surface area contributed by atoms with Gasteiger partial charge in [0.15, 0.2) is 0 Å². The van der Waals surface area contributed by atoms with Crippen molar-refractivity contribution in [3.05, 3.63) is 52.4 Å². The van der Waals surface area contributed by atoms with Gasteiger partial charge in [0.05, 0.1) is 23.2 Å². The van der Waals surface area contributed by atoms with Crippen LogP contribution in [-0.2, 0) is 33.5 Å². The molecular formula is C19H22ClN5O2S. The lowest BCUT2D eigenvalue weighted by Crippen LogP contribution is -2.54. The molecular weight excluding hydrogens is 398 g/mol. The van der Waals surface area contributed by atoms with E-state index in [1.807, 2.05) is 17.0 Å². The molecule has 1 unspecified atom stereocenters. The molecule has 1 aromatic heterocycles. The summed E-state index contributed by atoms with van der Waals surface area (Å²) in [6.07, 6.45) is 2.03. The van der Waals surface area contributed by atoms with Crippen molar-refractivity contribution in [2.45, 2.75) is 24.0 Å². The van der Waals surface area contributed by atoms with Gasteiger partial charge in [-0.1, -0.05) is 23.7 Å². The third-order valence-corrected chi connectivity index (χ3v) is 6.65. The lowest BCUT2D eigenvalue weighted by Gasteiger charge is -2.37. The summed E-state index contributed by atoms with van der Waals surface area (Å²) in [7, 11) is -0.894. The summed E-state index contributed by atoms with van der Waals surface area (Å²) in [5.41, 5.74) is 9.02. The van der Waals surface area contributed by atoms with Crippen molar-refractivity contribution in [1.29, 1.82) is 0 Å². The Kier molecular flexibility index (Phi) is 5.61. The number of aromatic nitrogens is 2. The second-order valence-electron chi connectivity index (χ2n) is 7.10. The van der Waals surface area contributed by atoms with Crippen LogP contribution in [0, 0.1) is 0 Å². The number of fused-ring (bicyclic) bond motifs is 1. The van der Waals surface area contributed by atoms with Crippen LogP contribution in [0.5, 0.6) is 0 Å². The maximum Gasteiger partial charge on any atom is 0.239 e. The highest BCUT2D eigenvalue weighted by Crippen LogP contribution is 2.28. The van der Waals surface area contributed by atoms with Crippen molar-refractivity contribution in [1.82, 2.24) is 14.9 Å². The molecule has 1 saturated heterocycles. The summed E-state index contributed by atoms with van der Waals surface area (Å²) in [6, 6.07) is 6.83. The van der Waals surface area contributed by atoms with E-state index in [1.54, 1.807) is 12.1 Å². The highest BCUT2D eigenvalue weighted by Gasteiger charge is 2.29. The van der Waals surface area contributed by atoms with Gasteiger partial charge in [0.25, 0.3) is 0 Å². The maximum atomic E-state index is 12.7. The minimum Gasteiger partial charge on any atom is -0.353 e. The van der Waals surface area contributed by atoms with E-state index in [0.29, 0.717) is 49.1 Å². The zero-order valence-corrected chi connectivity index (χ0v) is 17.0. The summed E-state index contributed by atoms with van der Waals surface area (Å²) < 4.78 is 11.9. The van der Waals surface area contributed by atoms with E-state index in [1.165, 1.54) is 6.33 Å². The summed E-state index contributed by atoms with van der Waals surface area (Å²) in [5.74, 6) is 1.83. The predicted octanol–water partition coefficient (Wildman–Crippen LogP) is 1.11. The van der Waals surface area contributed by atoms with Crippen LogP contribution >= 0.6 is 11.6 Å². The molecule has 2 N–H and O–H groups in total. The number of piperazine rings is 1. The molecule has 1 amide bonds. The van der Waals surface area contributed by atoms with Gasteiger partial charge in [0.2, 0.25) is 5.91 Å². The van der Waals surface area contributed by atoms with E-state index in [0.717, 1.165) is 22.6 Å². The first-order chi connectivity index (χ1) is 13.5. The molecule has 2 aliphatic rings. The van der Waals surface area contributed by atoms with Crippen LogP contribution in [0.1, 0.15) is 16.8 Å². The minimum atomic E-state index is -0.894. The molecule has 148 valence electrons. The van der Waals surface area contributed by atoms with Crippen LogP contribution in [0.15, 0.2) is 30.6 Å². The van der Waals surface area contributed by atoms with Crippen molar-refractivity contribution in [2.24, 2.45) is 5.73 Å². The number of rotatable bonds is 4. The fourth-order valence-electron chi connectivity index (χ4n) is 3.68. The molecule has 1 aromatic carbocycles. The molecule has 0 bridgehead atoms. The van der Waals surface area contributed by atoms with E-state index >= 15 is 0 Å². The predicted molar refractivity (Wildman–Crippen MR) is 110 cm³/mol. The van der Waals surface area contributed by atoms with Crippen molar-refractivity contribution < 1.29 is 9.00 Å². The topological polar surface area (TPSA) is 92.4 Å². The third kappa shape index (κ3) is 4.04. The van der Waals surface area contributed by atoms with Gasteiger partial charge in [0, 0.05) is 47.6 Å². The molecule has 28 heavy (non-hydrogen) atoms. The molecule has 0 spiro atoms. The smallest absolute Gasteiger partial charge is 0.239 e. The van der Waals surface area contributed by atoms with Gasteiger partial charge in [-0.2, -0.15) is 0 Å². The van der Waals surface area contributed by atoms with Crippen LogP contribution in [-0.4, -0.2) is 57.2 Å². The lowest BCUT2D eigenvalue weighted by atomic mass is 10.1. The number of nitrogens with zero attached hydrogens (tertiary/aromatic N) is 4. The molecule has 7 nitrogen and oxygen atoms in total. The normalized spacial score (nSPS) is 20.1. The molecule has 2 atom stereocenters. The van der Waals surface area contributed by atoms with Gasteiger partial charge in [-0.3, -0.25) is 9.00 Å². The average Bonchev–Trinajstić information content (AvgIpc) is 3.09. The van der Waals surface area contributed by atoms with E-state index < -0.39 is 16.8 Å². The van der Waals surface area contributed by atoms with Gasteiger partial charge < -0.3 is 15.5 Å². The fraction of sp³-hybridized carbons (Fsp3) is 0.421. The van der Waals surface area contributed by atoms with Crippen LogP contribution in [0.25, 0.3) is 0 Å². The standard InChI is InChI=1S/C19H22ClN5O2S/c20-14-3-1-13(2-4-14)9-16(21)19(26)25-7-5-24(6-8-25)18-15-10-28(27)11-17(15)22-12-23-18/h1-4,12,16H,5-11,21H2/t16?,28-/m1/s1. The Balaban J connectivity index is 1.36. The van der Waals surface area contributed by atoms with Crippen molar-refractivity contribution >= 4 is 34.1 Å². The van der Waals surface area contributed by atoms with Crippen molar-refractivity contribution in [3.8, 4) is 0 Å². The number of nitrogens with two attached hydrogens (primary N) is 1. The zero-order valence-electron chi connectivity index (χ0n) is 15.4. The number of halogens is 1. The second kappa shape index (κ2) is 8.14. The maximum absolute atomic E-state index is 12.7. The molecule has 1 fully saturated rings. The SMILES string of the molecule is NC(Cc1ccc(Cl)cc1)C(=O)N1CCN(c2ncnc3c2C[S@@](=O)C3)CC1. The number of carbonyl (C=O) groups is 1. The van der Waals surface area contributed by atoms with Gasteiger partial charge in [-0.15, -0.1) is 0 Å². The number of amides is 1. The molecule has 0 saturated carbocycles.